The predicted octanol–water partition coefficient (Wildman–Crippen LogP) is 3.05. The number of rotatable bonds is 6. The van der Waals surface area contributed by atoms with Crippen molar-refractivity contribution in [1.82, 2.24) is 9.62 Å². The van der Waals surface area contributed by atoms with Crippen molar-refractivity contribution in [3.63, 3.8) is 0 Å². The van der Waals surface area contributed by atoms with Gasteiger partial charge in [-0.2, -0.15) is 0 Å². The molecule has 0 spiro atoms. The molecule has 27 heavy (non-hydrogen) atoms. The number of sulfonamides is 1. The number of hydrogen-bond donors (Lipinski definition) is 1. The molecule has 2 aromatic carbocycles. The number of aryl methyl sites for hydroxylation is 1. The van der Waals surface area contributed by atoms with Crippen LogP contribution < -0.4 is 10.1 Å². The van der Waals surface area contributed by atoms with Crippen molar-refractivity contribution in [2.24, 2.45) is 0 Å². The van der Waals surface area contributed by atoms with Crippen LogP contribution in [0.15, 0.2) is 41.3 Å². The molecule has 2 rings (SSSR count). The molecule has 0 bridgehead atoms. The Balaban J connectivity index is 2.38. The van der Waals surface area contributed by atoms with E-state index in [-0.39, 0.29) is 16.8 Å². The van der Waals surface area contributed by atoms with Gasteiger partial charge in [0.2, 0.25) is 10.0 Å². The van der Waals surface area contributed by atoms with Gasteiger partial charge in [0.15, 0.2) is 0 Å². The summed E-state index contributed by atoms with van der Waals surface area (Å²) in [5, 5.41) is 2.91. The molecule has 6 nitrogen and oxygen atoms in total. The minimum Gasteiger partial charge on any atom is -0.496 e. The van der Waals surface area contributed by atoms with Crippen LogP contribution in [0.4, 0.5) is 0 Å². The third kappa shape index (κ3) is 4.31. The maximum Gasteiger partial charge on any atom is 0.251 e. The maximum absolute atomic E-state index is 12.8. The summed E-state index contributed by atoms with van der Waals surface area (Å²) in [7, 11) is 0.880. The van der Waals surface area contributed by atoms with Gasteiger partial charge < -0.3 is 10.1 Å². The summed E-state index contributed by atoms with van der Waals surface area (Å²) in [5.41, 5.74) is 2.53. The lowest BCUT2D eigenvalue weighted by molar-refractivity contribution is 0.0939. The number of ether oxygens (including phenoxy) is 1. The highest BCUT2D eigenvalue weighted by Gasteiger charge is 2.23. The lowest BCUT2D eigenvalue weighted by atomic mass is 10.0. The average molecular weight is 391 g/mol. The van der Waals surface area contributed by atoms with E-state index in [1.165, 1.54) is 20.2 Å². The molecule has 1 atom stereocenters. The molecule has 1 unspecified atom stereocenters. The van der Waals surface area contributed by atoms with E-state index < -0.39 is 10.0 Å². The van der Waals surface area contributed by atoms with Crippen LogP contribution in [0.2, 0.25) is 0 Å². The molecule has 0 aliphatic carbocycles. The van der Waals surface area contributed by atoms with Gasteiger partial charge in [-0.1, -0.05) is 18.2 Å². The molecule has 0 aliphatic heterocycles. The fourth-order valence-corrected chi connectivity index (χ4v) is 4.02. The van der Waals surface area contributed by atoms with Crippen LogP contribution in [0.1, 0.15) is 40.0 Å². The van der Waals surface area contributed by atoms with Gasteiger partial charge in [-0.05, 0) is 50.1 Å². The highest BCUT2D eigenvalue weighted by Crippen LogP contribution is 2.26. The lowest BCUT2D eigenvalue weighted by Crippen LogP contribution is -2.28. The Hall–Kier alpha value is -2.38. The Morgan fingerprint density at radius 2 is 1.78 bits per heavy atom. The van der Waals surface area contributed by atoms with Crippen molar-refractivity contribution in [3.8, 4) is 5.75 Å². The highest BCUT2D eigenvalue weighted by molar-refractivity contribution is 7.89. The third-order valence-electron chi connectivity index (χ3n) is 4.59. The first-order chi connectivity index (χ1) is 12.6. The molecule has 1 N–H and O–H groups in total. The van der Waals surface area contributed by atoms with E-state index in [4.69, 9.17) is 4.74 Å². The smallest absolute Gasteiger partial charge is 0.251 e. The van der Waals surface area contributed by atoms with Crippen LogP contribution in [-0.4, -0.2) is 39.8 Å². The Morgan fingerprint density at radius 1 is 1.15 bits per heavy atom. The zero-order valence-electron chi connectivity index (χ0n) is 16.5. The van der Waals surface area contributed by atoms with Gasteiger partial charge in [0.1, 0.15) is 5.75 Å². The van der Waals surface area contributed by atoms with Crippen molar-refractivity contribution in [2.75, 3.05) is 21.2 Å². The quantitative estimate of drug-likeness (QED) is 0.823. The van der Waals surface area contributed by atoms with Gasteiger partial charge in [0.05, 0.1) is 18.0 Å². The normalized spacial score (nSPS) is 12.7. The molecule has 0 fully saturated rings. The zero-order chi connectivity index (χ0) is 20.4. The van der Waals surface area contributed by atoms with E-state index in [2.05, 4.69) is 5.32 Å². The molecule has 0 radical (unpaired) electrons. The van der Waals surface area contributed by atoms with Crippen LogP contribution in [0.3, 0.4) is 0 Å². The van der Waals surface area contributed by atoms with Crippen molar-refractivity contribution < 1.29 is 17.9 Å². The van der Waals surface area contributed by atoms with Crippen LogP contribution in [-0.2, 0) is 10.0 Å². The standard InChI is InChI=1S/C20H26N2O4S/c1-13-11-16(12-19(14(13)2)27(24,25)22(4)5)20(23)21-15(3)17-9-7-8-10-18(17)26-6/h7-12,15H,1-6H3,(H,21,23). The number of hydrogen-bond acceptors (Lipinski definition) is 4. The fourth-order valence-electron chi connectivity index (χ4n) is 2.80. The topological polar surface area (TPSA) is 75.7 Å². The summed E-state index contributed by atoms with van der Waals surface area (Å²) in [6, 6.07) is 10.3. The van der Waals surface area contributed by atoms with E-state index in [1.807, 2.05) is 31.2 Å². The summed E-state index contributed by atoms with van der Waals surface area (Å²) in [6.45, 7) is 5.39. The summed E-state index contributed by atoms with van der Waals surface area (Å²) in [5.74, 6) is 0.341. The predicted molar refractivity (Wildman–Crippen MR) is 106 cm³/mol. The van der Waals surface area contributed by atoms with Crippen LogP contribution in [0, 0.1) is 13.8 Å². The van der Waals surface area contributed by atoms with E-state index in [0.29, 0.717) is 16.9 Å². The highest BCUT2D eigenvalue weighted by atomic mass is 32.2. The summed E-state index contributed by atoms with van der Waals surface area (Å²) < 4.78 is 31.7. The van der Waals surface area contributed by atoms with Gasteiger partial charge in [0, 0.05) is 25.2 Å². The second kappa shape index (κ2) is 8.10. The Morgan fingerprint density at radius 3 is 2.37 bits per heavy atom. The Labute approximate surface area is 161 Å². The molecule has 0 saturated carbocycles. The van der Waals surface area contributed by atoms with Gasteiger partial charge in [-0.3, -0.25) is 4.79 Å². The molecule has 0 saturated heterocycles. The van der Waals surface area contributed by atoms with Gasteiger partial charge in [0.25, 0.3) is 5.91 Å². The molecule has 2 aromatic rings. The van der Waals surface area contributed by atoms with E-state index in [9.17, 15) is 13.2 Å². The zero-order valence-corrected chi connectivity index (χ0v) is 17.3. The molecule has 146 valence electrons. The number of amides is 1. The van der Waals surface area contributed by atoms with Gasteiger partial charge in [-0.15, -0.1) is 0 Å². The molecule has 0 aliphatic rings. The largest absolute Gasteiger partial charge is 0.496 e. The summed E-state index contributed by atoms with van der Waals surface area (Å²) >= 11 is 0. The van der Waals surface area contributed by atoms with E-state index >= 15 is 0 Å². The van der Waals surface area contributed by atoms with Crippen molar-refractivity contribution in [1.29, 1.82) is 0 Å². The van der Waals surface area contributed by atoms with Crippen LogP contribution in [0.5, 0.6) is 5.75 Å². The molecular weight excluding hydrogens is 364 g/mol. The summed E-state index contributed by atoms with van der Waals surface area (Å²) in [4.78, 5) is 12.9. The maximum atomic E-state index is 12.8. The van der Waals surface area contributed by atoms with E-state index in [1.54, 1.807) is 27.0 Å². The number of carbonyl (C=O) groups is 1. The van der Waals surface area contributed by atoms with Crippen LogP contribution in [0.25, 0.3) is 0 Å². The second-order valence-electron chi connectivity index (χ2n) is 6.64. The monoisotopic (exact) mass is 390 g/mol. The van der Waals surface area contributed by atoms with Gasteiger partial charge in [-0.25, -0.2) is 12.7 Å². The minimum atomic E-state index is -3.64. The first kappa shape index (κ1) is 20.9. The van der Waals surface area contributed by atoms with Crippen molar-refractivity contribution in [2.45, 2.75) is 31.7 Å². The summed E-state index contributed by atoms with van der Waals surface area (Å²) in [6.07, 6.45) is 0. The number of methoxy groups -OCH3 is 1. The van der Waals surface area contributed by atoms with Crippen molar-refractivity contribution >= 4 is 15.9 Å². The average Bonchev–Trinajstić information content (AvgIpc) is 2.63. The third-order valence-corrected chi connectivity index (χ3v) is 6.53. The van der Waals surface area contributed by atoms with Gasteiger partial charge >= 0.3 is 0 Å². The second-order valence-corrected chi connectivity index (χ2v) is 8.76. The minimum absolute atomic E-state index is 0.141. The number of para-hydroxylation sites is 1. The molecule has 7 heteroatoms. The molecule has 0 aromatic heterocycles. The number of benzene rings is 2. The first-order valence-electron chi connectivity index (χ1n) is 8.57. The molecule has 1 amide bonds. The van der Waals surface area contributed by atoms with Crippen molar-refractivity contribution in [3.05, 3.63) is 58.7 Å². The first-order valence-corrected chi connectivity index (χ1v) is 10.0. The number of nitrogens with one attached hydrogen (secondary N) is 1. The fraction of sp³-hybridized carbons (Fsp3) is 0.350. The number of carbonyl (C=O) groups excluding carboxylic acids is 1. The molecular formula is C20H26N2O4S. The SMILES string of the molecule is COc1ccccc1C(C)NC(=O)c1cc(C)c(C)c(S(=O)(=O)N(C)C)c1. The van der Waals surface area contributed by atoms with Crippen LogP contribution >= 0.6 is 0 Å². The Kier molecular flexibility index (Phi) is 6.28. The lowest BCUT2D eigenvalue weighted by Gasteiger charge is -2.19. The Bertz CT molecular complexity index is 952. The number of nitrogens with zero attached hydrogens (tertiary/aromatic N) is 1. The molecule has 0 heterocycles. The van der Waals surface area contributed by atoms with E-state index in [0.717, 1.165) is 15.4 Å².